The Bertz CT molecular complexity index is 1270. The summed E-state index contributed by atoms with van der Waals surface area (Å²) in [5.41, 5.74) is 0. The fraction of sp³-hybridized carbons (Fsp3) is 0.556. The summed E-state index contributed by atoms with van der Waals surface area (Å²) in [4.78, 5) is 42.8. The van der Waals surface area contributed by atoms with E-state index in [1.807, 2.05) is 12.2 Å². The molecular formula is C45H71O9P. The van der Waals surface area contributed by atoms with Crippen molar-refractivity contribution in [1.29, 1.82) is 0 Å². The molecule has 10 heteroatoms. The third kappa shape index (κ3) is 41.7. The second kappa shape index (κ2) is 38.9. The van der Waals surface area contributed by atoms with Crippen LogP contribution in [0.5, 0.6) is 0 Å². The van der Waals surface area contributed by atoms with E-state index in [2.05, 4.69) is 103 Å². The molecule has 2 atom stereocenters. The summed E-state index contributed by atoms with van der Waals surface area (Å²) in [6.45, 7) is 3.32. The minimum atomic E-state index is -4.82. The highest BCUT2D eigenvalue weighted by atomic mass is 31.2. The van der Waals surface area contributed by atoms with Crippen LogP contribution in [0, 0.1) is 0 Å². The lowest BCUT2D eigenvalue weighted by Gasteiger charge is -2.18. The molecule has 0 radical (unpaired) electrons. The number of aliphatic hydroxyl groups is 1. The predicted octanol–water partition coefficient (Wildman–Crippen LogP) is 11.4. The zero-order valence-corrected chi connectivity index (χ0v) is 34.5. The van der Waals surface area contributed by atoms with Crippen LogP contribution in [0.15, 0.2) is 109 Å². The number of esters is 2. The van der Waals surface area contributed by atoms with Crippen molar-refractivity contribution >= 4 is 19.8 Å². The van der Waals surface area contributed by atoms with Crippen LogP contribution in [0.1, 0.15) is 136 Å². The Morgan fingerprint density at radius 2 is 1.09 bits per heavy atom. The van der Waals surface area contributed by atoms with Gasteiger partial charge in [-0.25, -0.2) is 4.57 Å². The summed E-state index contributed by atoms with van der Waals surface area (Å²) in [5, 5.41) is 10.2. The summed E-state index contributed by atoms with van der Waals surface area (Å²) >= 11 is 0. The molecule has 3 N–H and O–H groups in total. The number of aliphatic hydroxyl groups excluding tert-OH is 1. The number of phosphoric acid groups is 1. The number of unbranched alkanes of at least 4 members (excludes halogenated alkanes) is 6. The van der Waals surface area contributed by atoms with Gasteiger partial charge in [-0.3, -0.25) is 14.1 Å². The number of ether oxygens (including phenoxy) is 2. The zero-order valence-electron chi connectivity index (χ0n) is 33.6. The van der Waals surface area contributed by atoms with E-state index in [1.165, 1.54) is 19.3 Å². The van der Waals surface area contributed by atoms with Gasteiger partial charge in [0, 0.05) is 12.8 Å². The lowest BCUT2D eigenvalue weighted by molar-refractivity contribution is -0.161. The molecule has 310 valence electrons. The van der Waals surface area contributed by atoms with E-state index in [-0.39, 0.29) is 12.8 Å². The van der Waals surface area contributed by atoms with Crippen LogP contribution in [0.2, 0.25) is 0 Å². The molecule has 0 aliphatic rings. The lowest BCUT2D eigenvalue weighted by Crippen LogP contribution is -2.29. The topological polar surface area (TPSA) is 140 Å². The van der Waals surface area contributed by atoms with Crippen LogP contribution in [-0.2, 0) is 28.2 Å². The molecule has 0 rings (SSSR count). The molecule has 0 aromatic rings. The van der Waals surface area contributed by atoms with Gasteiger partial charge in [-0.15, -0.1) is 0 Å². The van der Waals surface area contributed by atoms with E-state index in [1.54, 1.807) is 12.2 Å². The molecule has 0 aromatic heterocycles. The van der Waals surface area contributed by atoms with Crippen molar-refractivity contribution in [3.63, 3.8) is 0 Å². The first-order valence-electron chi connectivity index (χ1n) is 20.3. The zero-order chi connectivity index (χ0) is 40.5. The first-order chi connectivity index (χ1) is 26.7. The number of hydrogen-bond acceptors (Lipinski definition) is 7. The largest absolute Gasteiger partial charge is 0.469 e. The first-order valence-corrected chi connectivity index (χ1v) is 21.8. The Morgan fingerprint density at radius 3 is 1.64 bits per heavy atom. The molecule has 0 spiro atoms. The Kier molecular flexibility index (Phi) is 36.6. The average Bonchev–Trinajstić information content (AvgIpc) is 3.15. The number of carbonyl (C=O) groups excluding carboxylic acids is 2. The van der Waals surface area contributed by atoms with Crippen LogP contribution in [-0.4, -0.2) is 52.3 Å². The summed E-state index contributed by atoms with van der Waals surface area (Å²) in [5.74, 6) is -1.14. The Labute approximate surface area is 332 Å². The second-order valence-corrected chi connectivity index (χ2v) is 14.3. The van der Waals surface area contributed by atoms with Gasteiger partial charge >= 0.3 is 19.8 Å². The van der Waals surface area contributed by atoms with Crippen molar-refractivity contribution in [2.24, 2.45) is 0 Å². The van der Waals surface area contributed by atoms with Gasteiger partial charge in [0.15, 0.2) is 6.10 Å². The number of hydrogen-bond donors (Lipinski definition) is 3. The fourth-order valence-electron chi connectivity index (χ4n) is 4.85. The normalized spacial score (nSPS) is 14.2. The maximum Gasteiger partial charge on any atom is 0.469 e. The summed E-state index contributed by atoms with van der Waals surface area (Å²) < 4.78 is 26.2. The van der Waals surface area contributed by atoms with E-state index in [0.29, 0.717) is 19.3 Å². The molecule has 55 heavy (non-hydrogen) atoms. The van der Waals surface area contributed by atoms with Crippen molar-refractivity contribution in [2.45, 2.75) is 148 Å². The molecule has 0 aliphatic carbocycles. The molecule has 0 saturated carbocycles. The molecule has 0 fully saturated rings. The summed E-state index contributed by atoms with van der Waals surface area (Å²) in [6, 6.07) is 0. The standard InChI is InChI=1S/C45H71O9P/c1-3-5-7-9-11-13-15-17-18-19-20-21-22-24-26-28-30-32-34-38-45(48)54-43(41-53-55(49,50)51)40-52-44(47)39-35-37-42(46)36-33-31-29-27-25-23-16-14-12-10-8-6-4-2/h5,7,11-14,17-18,20-21,23-26,29,31,33,36,42-43,46H,3-4,6,8-10,15-16,19,22,27-28,30,32,34-35,37-41H2,1-2H3,(H2,49,50,51)/b7-5-,13-11-,14-12-,18-17-,21-20-,25-23-,26-24-,31-29-,36-33+/t42-,43-/m1/s1. The summed E-state index contributed by atoms with van der Waals surface area (Å²) in [6.07, 6.45) is 51.2. The van der Waals surface area contributed by atoms with Gasteiger partial charge in [-0.2, -0.15) is 0 Å². The molecule has 0 aliphatic heterocycles. The molecular weight excluding hydrogens is 715 g/mol. The lowest BCUT2D eigenvalue weighted by atomic mass is 10.1. The second-order valence-electron chi connectivity index (χ2n) is 13.1. The van der Waals surface area contributed by atoms with E-state index >= 15 is 0 Å². The predicted molar refractivity (Wildman–Crippen MR) is 226 cm³/mol. The van der Waals surface area contributed by atoms with Crippen LogP contribution < -0.4 is 0 Å². The van der Waals surface area contributed by atoms with Gasteiger partial charge < -0.3 is 24.4 Å². The average molecular weight is 787 g/mol. The number of carbonyl (C=O) groups is 2. The Balaban J connectivity index is 4.23. The SMILES string of the molecule is CC/C=C\C/C=C\C/C=C\C/C=C\C/C=C\CCCCCC(=O)O[C@H](COC(=O)CCC[C@H](O)/C=C/C=C\C/C=C\C/C=C\CCCCC)COP(=O)(O)O. The molecule has 0 unspecified atom stereocenters. The third-order valence-electron chi connectivity index (χ3n) is 7.88. The van der Waals surface area contributed by atoms with E-state index in [0.717, 1.165) is 70.6 Å². The molecule has 0 aromatic carbocycles. The molecule has 0 bridgehead atoms. The van der Waals surface area contributed by atoms with Gasteiger partial charge in [0.2, 0.25) is 0 Å². The highest BCUT2D eigenvalue weighted by Crippen LogP contribution is 2.36. The minimum absolute atomic E-state index is 0.0243. The molecule has 9 nitrogen and oxygen atoms in total. The van der Waals surface area contributed by atoms with E-state index < -0.39 is 45.2 Å². The van der Waals surface area contributed by atoms with Crippen LogP contribution in [0.4, 0.5) is 0 Å². The maximum absolute atomic E-state index is 12.4. The van der Waals surface area contributed by atoms with Crippen molar-refractivity contribution in [2.75, 3.05) is 13.2 Å². The highest BCUT2D eigenvalue weighted by molar-refractivity contribution is 7.46. The minimum Gasteiger partial charge on any atom is -0.462 e. The number of allylic oxidation sites excluding steroid dienone is 17. The molecule has 0 saturated heterocycles. The van der Waals surface area contributed by atoms with Gasteiger partial charge in [-0.1, -0.05) is 142 Å². The molecule has 0 heterocycles. The van der Waals surface area contributed by atoms with Crippen LogP contribution >= 0.6 is 7.82 Å². The summed E-state index contributed by atoms with van der Waals surface area (Å²) in [7, 11) is -4.82. The van der Waals surface area contributed by atoms with Crippen molar-refractivity contribution < 1.29 is 43.0 Å². The van der Waals surface area contributed by atoms with Crippen molar-refractivity contribution in [3.05, 3.63) is 109 Å². The molecule has 0 amide bonds. The van der Waals surface area contributed by atoms with Crippen molar-refractivity contribution in [1.82, 2.24) is 0 Å². The van der Waals surface area contributed by atoms with Crippen LogP contribution in [0.25, 0.3) is 0 Å². The first kappa shape index (κ1) is 51.7. The Hall–Kier alpha value is -3.33. The maximum atomic E-state index is 12.4. The van der Waals surface area contributed by atoms with Crippen LogP contribution in [0.3, 0.4) is 0 Å². The van der Waals surface area contributed by atoms with Gasteiger partial charge in [-0.05, 0) is 89.9 Å². The van der Waals surface area contributed by atoms with Gasteiger partial charge in [0.05, 0.1) is 12.7 Å². The highest BCUT2D eigenvalue weighted by Gasteiger charge is 2.23. The number of rotatable bonds is 35. The van der Waals surface area contributed by atoms with Gasteiger partial charge in [0.25, 0.3) is 0 Å². The van der Waals surface area contributed by atoms with Crippen molar-refractivity contribution in [3.8, 4) is 0 Å². The quantitative estimate of drug-likeness (QED) is 0.0188. The number of phosphoric ester groups is 1. The van der Waals surface area contributed by atoms with Gasteiger partial charge in [0.1, 0.15) is 6.61 Å². The smallest absolute Gasteiger partial charge is 0.462 e. The Morgan fingerprint density at radius 1 is 0.582 bits per heavy atom. The van der Waals surface area contributed by atoms with E-state index in [4.69, 9.17) is 19.3 Å². The third-order valence-corrected chi connectivity index (χ3v) is 8.36. The monoisotopic (exact) mass is 786 g/mol. The fourth-order valence-corrected chi connectivity index (χ4v) is 5.21. The van der Waals surface area contributed by atoms with E-state index in [9.17, 15) is 19.3 Å².